The number of hydrogen-bond donors (Lipinski definition) is 1. The van der Waals surface area contributed by atoms with Gasteiger partial charge < -0.3 is 5.32 Å². The Hall–Kier alpha value is -2.19. The molecular formula is C15H18N4O3S. The summed E-state index contributed by atoms with van der Waals surface area (Å²) in [6.07, 6.45) is 3.37. The number of sulfonamides is 1. The molecule has 0 saturated carbocycles. The van der Waals surface area contributed by atoms with Crippen LogP contribution in [0.1, 0.15) is 6.42 Å². The summed E-state index contributed by atoms with van der Waals surface area (Å²) in [5, 5.41) is 6.69. The Kier molecular flexibility index (Phi) is 4.18. The molecule has 1 saturated heterocycles. The quantitative estimate of drug-likeness (QED) is 0.889. The molecule has 1 atom stereocenters. The Morgan fingerprint density at radius 2 is 2.04 bits per heavy atom. The van der Waals surface area contributed by atoms with Crippen LogP contribution in [0.15, 0.2) is 47.6 Å². The van der Waals surface area contributed by atoms with Gasteiger partial charge in [0.15, 0.2) is 0 Å². The molecule has 0 radical (unpaired) electrons. The van der Waals surface area contributed by atoms with Gasteiger partial charge >= 0.3 is 0 Å². The lowest BCUT2D eigenvalue weighted by Gasteiger charge is -2.14. The van der Waals surface area contributed by atoms with E-state index >= 15 is 0 Å². The summed E-state index contributed by atoms with van der Waals surface area (Å²) in [5.74, 6) is -0.415. The van der Waals surface area contributed by atoms with Crippen LogP contribution in [0.2, 0.25) is 0 Å². The number of carbonyl (C=O) groups is 1. The highest BCUT2D eigenvalue weighted by Crippen LogP contribution is 2.24. The van der Waals surface area contributed by atoms with E-state index in [1.165, 1.54) is 21.4 Å². The maximum atomic E-state index is 12.7. The average Bonchev–Trinajstić information content (AvgIpc) is 3.25. The van der Waals surface area contributed by atoms with E-state index in [0.29, 0.717) is 13.0 Å². The van der Waals surface area contributed by atoms with Crippen LogP contribution in [0.3, 0.4) is 0 Å². The van der Waals surface area contributed by atoms with Crippen molar-refractivity contribution in [1.29, 1.82) is 0 Å². The molecule has 122 valence electrons. The summed E-state index contributed by atoms with van der Waals surface area (Å²) < 4.78 is 28.2. The van der Waals surface area contributed by atoms with Gasteiger partial charge in [-0.2, -0.15) is 9.40 Å². The van der Waals surface area contributed by atoms with Gasteiger partial charge in [0.2, 0.25) is 15.9 Å². The van der Waals surface area contributed by atoms with E-state index < -0.39 is 10.0 Å². The van der Waals surface area contributed by atoms with Crippen LogP contribution in [0.4, 0.5) is 0 Å². The first-order chi connectivity index (χ1) is 11.0. The molecule has 1 fully saturated rings. The van der Waals surface area contributed by atoms with Gasteiger partial charge in [0.25, 0.3) is 0 Å². The molecule has 1 aromatic carbocycles. The van der Waals surface area contributed by atoms with E-state index in [0.717, 1.165) is 5.69 Å². The molecule has 23 heavy (non-hydrogen) atoms. The number of rotatable bonds is 4. The van der Waals surface area contributed by atoms with Crippen molar-refractivity contribution in [1.82, 2.24) is 19.4 Å². The highest BCUT2D eigenvalue weighted by Gasteiger charge is 2.36. The number of carbonyl (C=O) groups excluding carboxylic acids is 1. The number of nitrogens with one attached hydrogen (secondary N) is 1. The third-order valence-electron chi connectivity index (χ3n) is 3.99. The van der Waals surface area contributed by atoms with Crippen molar-refractivity contribution in [2.75, 3.05) is 20.1 Å². The van der Waals surface area contributed by atoms with E-state index in [1.54, 1.807) is 7.05 Å². The Labute approximate surface area is 135 Å². The van der Waals surface area contributed by atoms with E-state index in [9.17, 15) is 13.2 Å². The lowest BCUT2D eigenvalue weighted by Crippen LogP contribution is -2.33. The minimum Gasteiger partial charge on any atom is -0.359 e. The molecule has 0 aliphatic carbocycles. The van der Waals surface area contributed by atoms with Gasteiger partial charge in [-0.15, -0.1) is 0 Å². The Balaban J connectivity index is 1.82. The smallest absolute Gasteiger partial charge is 0.246 e. The number of para-hydroxylation sites is 1. The maximum absolute atomic E-state index is 12.7. The second-order valence-corrected chi connectivity index (χ2v) is 7.36. The molecule has 1 aromatic heterocycles. The molecule has 1 unspecified atom stereocenters. The molecule has 2 aromatic rings. The predicted octanol–water partition coefficient (Wildman–Crippen LogP) is 0.629. The summed E-state index contributed by atoms with van der Waals surface area (Å²) in [6, 6.07) is 9.30. The van der Waals surface area contributed by atoms with Gasteiger partial charge in [-0.05, 0) is 18.6 Å². The standard InChI is InChI=1S/C15H18N4O3S/c1-16-15(20)12-7-8-18(10-12)23(21,22)14-9-17-19(11-14)13-5-3-2-4-6-13/h2-6,9,11-12H,7-8,10H2,1H3,(H,16,20). The molecule has 0 spiro atoms. The van der Waals surface area contributed by atoms with Crippen molar-refractivity contribution < 1.29 is 13.2 Å². The third-order valence-corrected chi connectivity index (χ3v) is 5.80. The van der Waals surface area contributed by atoms with Crippen LogP contribution in [-0.2, 0) is 14.8 Å². The molecule has 8 heteroatoms. The van der Waals surface area contributed by atoms with Gasteiger partial charge in [-0.3, -0.25) is 4.79 Å². The fraction of sp³-hybridized carbons (Fsp3) is 0.333. The minimum atomic E-state index is -3.63. The molecule has 2 heterocycles. The topological polar surface area (TPSA) is 84.3 Å². The maximum Gasteiger partial charge on any atom is 0.246 e. The van der Waals surface area contributed by atoms with E-state index in [-0.39, 0.29) is 23.3 Å². The predicted molar refractivity (Wildman–Crippen MR) is 84.5 cm³/mol. The molecule has 1 aliphatic rings. The zero-order chi connectivity index (χ0) is 16.4. The number of benzene rings is 1. The van der Waals surface area contributed by atoms with Crippen molar-refractivity contribution in [3.05, 3.63) is 42.7 Å². The molecule has 3 rings (SSSR count). The van der Waals surface area contributed by atoms with Crippen LogP contribution < -0.4 is 5.32 Å². The van der Waals surface area contributed by atoms with Crippen molar-refractivity contribution in [2.45, 2.75) is 11.3 Å². The monoisotopic (exact) mass is 334 g/mol. The van der Waals surface area contributed by atoms with Crippen LogP contribution in [0.5, 0.6) is 0 Å². The molecule has 7 nitrogen and oxygen atoms in total. The van der Waals surface area contributed by atoms with E-state index in [2.05, 4.69) is 10.4 Å². The first-order valence-corrected chi connectivity index (χ1v) is 8.78. The van der Waals surface area contributed by atoms with Crippen molar-refractivity contribution in [3.8, 4) is 5.69 Å². The number of amides is 1. The largest absolute Gasteiger partial charge is 0.359 e. The summed E-state index contributed by atoms with van der Waals surface area (Å²) in [7, 11) is -2.07. The van der Waals surface area contributed by atoms with Crippen LogP contribution in [0.25, 0.3) is 5.69 Å². The molecule has 1 N–H and O–H groups in total. The summed E-state index contributed by atoms with van der Waals surface area (Å²) in [4.78, 5) is 11.8. The van der Waals surface area contributed by atoms with Gasteiger partial charge in [-0.1, -0.05) is 18.2 Å². The highest BCUT2D eigenvalue weighted by molar-refractivity contribution is 7.89. The second-order valence-electron chi connectivity index (χ2n) is 5.42. The Bertz CT molecular complexity index is 801. The van der Waals surface area contributed by atoms with Crippen molar-refractivity contribution in [3.63, 3.8) is 0 Å². The summed E-state index contributed by atoms with van der Waals surface area (Å²) >= 11 is 0. The second kappa shape index (κ2) is 6.13. The fourth-order valence-electron chi connectivity index (χ4n) is 2.68. The average molecular weight is 334 g/mol. The van der Waals surface area contributed by atoms with Gasteiger partial charge in [-0.25, -0.2) is 13.1 Å². The lowest BCUT2D eigenvalue weighted by atomic mass is 10.1. The highest BCUT2D eigenvalue weighted by atomic mass is 32.2. The van der Waals surface area contributed by atoms with E-state index in [1.807, 2.05) is 30.3 Å². The minimum absolute atomic E-state index is 0.123. The Morgan fingerprint density at radius 1 is 1.30 bits per heavy atom. The van der Waals surface area contributed by atoms with Crippen LogP contribution >= 0.6 is 0 Å². The normalized spacial score (nSPS) is 18.9. The third kappa shape index (κ3) is 2.99. The van der Waals surface area contributed by atoms with Gasteiger partial charge in [0, 0.05) is 20.1 Å². The number of hydrogen-bond acceptors (Lipinski definition) is 4. The van der Waals surface area contributed by atoms with Crippen molar-refractivity contribution >= 4 is 15.9 Å². The molecule has 1 aliphatic heterocycles. The summed E-state index contributed by atoms with van der Waals surface area (Å²) in [5.41, 5.74) is 0.790. The van der Waals surface area contributed by atoms with Crippen molar-refractivity contribution in [2.24, 2.45) is 5.92 Å². The van der Waals surface area contributed by atoms with E-state index in [4.69, 9.17) is 0 Å². The fourth-order valence-corrected chi connectivity index (χ4v) is 4.11. The van der Waals surface area contributed by atoms with Gasteiger partial charge in [0.1, 0.15) is 4.90 Å². The first-order valence-electron chi connectivity index (χ1n) is 7.34. The Morgan fingerprint density at radius 3 is 2.74 bits per heavy atom. The zero-order valence-electron chi connectivity index (χ0n) is 12.7. The summed E-state index contributed by atoms with van der Waals surface area (Å²) in [6.45, 7) is 0.551. The first kappa shape index (κ1) is 15.7. The lowest BCUT2D eigenvalue weighted by molar-refractivity contribution is -0.123. The number of nitrogens with zero attached hydrogens (tertiary/aromatic N) is 3. The molecule has 0 bridgehead atoms. The SMILES string of the molecule is CNC(=O)C1CCN(S(=O)(=O)c2cnn(-c3ccccc3)c2)C1. The van der Waals surface area contributed by atoms with Crippen LogP contribution in [0, 0.1) is 5.92 Å². The molecule has 1 amide bonds. The number of aromatic nitrogens is 2. The zero-order valence-corrected chi connectivity index (χ0v) is 13.5. The van der Waals surface area contributed by atoms with Gasteiger partial charge in [0.05, 0.1) is 24.0 Å². The van der Waals surface area contributed by atoms with Crippen LogP contribution in [-0.4, -0.2) is 48.5 Å². The molecular weight excluding hydrogens is 316 g/mol.